The molecule has 1 heterocycles. The molecule has 0 atom stereocenters. The van der Waals surface area contributed by atoms with Gasteiger partial charge in [0.1, 0.15) is 16.8 Å². The summed E-state index contributed by atoms with van der Waals surface area (Å²) in [4.78, 5) is 5.72. The van der Waals surface area contributed by atoms with Gasteiger partial charge in [0.25, 0.3) is 0 Å². The van der Waals surface area contributed by atoms with E-state index in [-0.39, 0.29) is 5.75 Å². The SMILES string of the molecule is Cc1cccc(/C=N/c2sc3c(c2C#N)CCC3)c1O. The highest BCUT2D eigenvalue weighted by Crippen LogP contribution is 2.40. The van der Waals surface area contributed by atoms with Gasteiger partial charge in [-0.1, -0.05) is 12.1 Å². The minimum atomic E-state index is 0.249. The Morgan fingerprint density at radius 1 is 1.40 bits per heavy atom. The molecule has 0 radical (unpaired) electrons. The highest BCUT2D eigenvalue weighted by atomic mass is 32.1. The molecule has 0 spiro atoms. The number of nitrogens with zero attached hydrogens (tertiary/aromatic N) is 2. The van der Waals surface area contributed by atoms with Gasteiger partial charge in [0.2, 0.25) is 0 Å². The molecule has 1 aliphatic carbocycles. The Kier molecular flexibility index (Phi) is 3.29. The van der Waals surface area contributed by atoms with E-state index in [1.165, 1.54) is 10.4 Å². The van der Waals surface area contributed by atoms with Crippen LogP contribution >= 0.6 is 11.3 Å². The van der Waals surface area contributed by atoms with Crippen LogP contribution in [-0.4, -0.2) is 11.3 Å². The van der Waals surface area contributed by atoms with Crippen LogP contribution in [0.2, 0.25) is 0 Å². The van der Waals surface area contributed by atoms with Crippen molar-refractivity contribution >= 4 is 22.6 Å². The second-order valence-electron chi connectivity index (χ2n) is 4.92. The summed E-state index contributed by atoms with van der Waals surface area (Å²) in [6, 6.07) is 7.83. The lowest BCUT2D eigenvalue weighted by atomic mass is 10.1. The maximum absolute atomic E-state index is 9.97. The number of hydrogen-bond acceptors (Lipinski definition) is 4. The van der Waals surface area contributed by atoms with Crippen molar-refractivity contribution < 1.29 is 5.11 Å². The van der Waals surface area contributed by atoms with Gasteiger partial charge < -0.3 is 5.11 Å². The molecule has 100 valence electrons. The first-order valence-corrected chi connectivity index (χ1v) is 7.39. The molecule has 1 aliphatic rings. The van der Waals surface area contributed by atoms with Crippen LogP contribution in [0.4, 0.5) is 5.00 Å². The van der Waals surface area contributed by atoms with Crippen LogP contribution in [0.5, 0.6) is 5.75 Å². The minimum Gasteiger partial charge on any atom is -0.507 e. The van der Waals surface area contributed by atoms with E-state index in [1.54, 1.807) is 17.6 Å². The summed E-state index contributed by atoms with van der Waals surface area (Å²) >= 11 is 1.60. The van der Waals surface area contributed by atoms with Gasteiger partial charge in [0.15, 0.2) is 0 Å². The Balaban J connectivity index is 1.98. The summed E-state index contributed by atoms with van der Waals surface area (Å²) in [5.41, 5.74) is 3.40. The van der Waals surface area contributed by atoms with Crippen molar-refractivity contribution in [1.29, 1.82) is 5.26 Å². The normalized spacial score (nSPS) is 13.6. The van der Waals surface area contributed by atoms with E-state index >= 15 is 0 Å². The second kappa shape index (κ2) is 5.10. The number of benzene rings is 1. The first kappa shape index (κ1) is 12.9. The molecule has 20 heavy (non-hydrogen) atoms. The van der Waals surface area contributed by atoms with Crippen molar-refractivity contribution in [2.45, 2.75) is 26.2 Å². The van der Waals surface area contributed by atoms with Gasteiger partial charge in [0.05, 0.1) is 5.56 Å². The molecule has 0 amide bonds. The van der Waals surface area contributed by atoms with Gasteiger partial charge in [-0.05, 0) is 43.4 Å². The summed E-state index contributed by atoms with van der Waals surface area (Å²) in [5, 5.41) is 20.0. The standard InChI is InChI=1S/C16H14N2OS/c1-10-4-2-5-11(15(10)19)9-18-16-13(8-17)12-6-3-7-14(12)20-16/h2,4-5,9,19H,3,6-7H2,1H3/b18-9+. The summed E-state index contributed by atoms with van der Waals surface area (Å²) < 4.78 is 0. The topological polar surface area (TPSA) is 56.4 Å². The lowest BCUT2D eigenvalue weighted by molar-refractivity contribution is 0.470. The van der Waals surface area contributed by atoms with Crippen LogP contribution in [0, 0.1) is 18.3 Å². The number of aromatic hydroxyl groups is 1. The third-order valence-corrected chi connectivity index (χ3v) is 4.80. The number of phenols is 1. The number of thiophene rings is 1. The molecule has 1 aromatic heterocycles. The Bertz CT molecular complexity index is 738. The second-order valence-corrected chi connectivity index (χ2v) is 6.00. The van der Waals surface area contributed by atoms with E-state index in [4.69, 9.17) is 0 Å². The largest absolute Gasteiger partial charge is 0.507 e. The van der Waals surface area contributed by atoms with Crippen LogP contribution in [-0.2, 0) is 12.8 Å². The third-order valence-electron chi connectivity index (χ3n) is 3.60. The summed E-state index contributed by atoms with van der Waals surface area (Å²) in [7, 11) is 0. The fraction of sp³-hybridized carbons (Fsp3) is 0.250. The van der Waals surface area contributed by atoms with E-state index in [0.717, 1.165) is 29.8 Å². The molecule has 2 aromatic rings. The van der Waals surface area contributed by atoms with Crippen molar-refractivity contribution in [2.24, 2.45) is 4.99 Å². The van der Waals surface area contributed by atoms with Crippen molar-refractivity contribution in [1.82, 2.24) is 0 Å². The summed E-state index contributed by atoms with van der Waals surface area (Å²) in [6.07, 6.45) is 4.82. The van der Waals surface area contributed by atoms with E-state index in [1.807, 2.05) is 25.1 Å². The van der Waals surface area contributed by atoms with Gasteiger partial charge >= 0.3 is 0 Å². The first-order valence-electron chi connectivity index (χ1n) is 6.58. The molecular formula is C16H14N2OS. The minimum absolute atomic E-state index is 0.249. The van der Waals surface area contributed by atoms with E-state index in [2.05, 4.69) is 11.1 Å². The maximum Gasteiger partial charge on any atom is 0.134 e. The number of rotatable bonds is 2. The Hall–Kier alpha value is -2.12. The number of nitriles is 1. The van der Waals surface area contributed by atoms with Gasteiger partial charge in [0, 0.05) is 16.7 Å². The smallest absolute Gasteiger partial charge is 0.134 e. The molecular weight excluding hydrogens is 268 g/mol. The lowest BCUT2D eigenvalue weighted by Crippen LogP contribution is -1.85. The highest BCUT2D eigenvalue weighted by Gasteiger charge is 2.21. The van der Waals surface area contributed by atoms with Crippen LogP contribution < -0.4 is 0 Å². The van der Waals surface area contributed by atoms with Crippen LogP contribution in [0.15, 0.2) is 23.2 Å². The van der Waals surface area contributed by atoms with Gasteiger partial charge in [-0.25, -0.2) is 4.99 Å². The third kappa shape index (κ3) is 2.10. The number of aryl methyl sites for hydroxylation is 2. The molecule has 0 bridgehead atoms. The molecule has 0 aliphatic heterocycles. The lowest BCUT2D eigenvalue weighted by Gasteiger charge is -2.01. The monoisotopic (exact) mass is 282 g/mol. The molecule has 0 fully saturated rings. The van der Waals surface area contributed by atoms with Crippen LogP contribution in [0.3, 0.4) is 0 Å². The number of para-hydroxylation sites is 1. The average Bonchev–Trinajstić information content (AvgIpc) is 3.00. The number of fused-ring (bicyclic) bond motifs is 1. The molecule has 0 unspecified atom stereocenters. The van der Waals surface area contributed by atoms with Crippen molar-refractivity contribution in [3.05, 3.63) is 45.3 Å². The number of phenolic OH excluding ortho intramolecular Hbond substituents is 1. The Labute approximate surface area is 121 Å². The average molecular weight is 282 g/mol. The molecule has 3 rings (SSSR count). The van der Waals surface area contributed by atoms with E-state index in [0.29, 0.717) is 11.1 Å². The van der Waals surface area contributed by atoms with Crippen LogP contribution in [0.1, 0.15) is 33.6 Å². The van der Waals surface area contributed by atoms with Crippen molar-refractivity contribution in [3.63, 3.8) is 0 Å². The maximum atomic E-state index is 9.97. The summed E-state index contributed by atoms with van der Waals surface area (Å²) in [6.45, 7) is 1.85. The zero-order valence-corrected chi connectivity index (χ0v) is 12.0. The molecule has 1 aromatic carbocycles. The Morgan fingerprint density at radius 3 is 3.05 bits per heavy atom. The zero-order valence-electron chi connectivity index (χ0n) is 11.2. The molecule has 0 saturated carbocycles. The Morgan fingerprint density at radius 2 is 2.25 bits per heavy atom. The van der Waals surface area contributed by atoms with Crippen molar-refractivity contribution in [3.8, 4) is 11.8 Å². The summed E-state index contributed by atoms with van der Waals surface area (Å²) in [5.74, 6) is 0.249. The quantitative estimate of drug-likeness (QED) is 0.850. The number of aliphatic imine (C=N–C) groups is 1. The molecule has 1 N–H and O–H groups in total. The molecule has 4 heteroatoms. The van der Waals surface area contributed by atoms with E-state index < -0.39 is 0 Å². The fourth-order valence-corrected chi connectivity index (χ4v) is 3.69. The van der Waals surface area contributed by atoms with Crippen LogP contribution in [0.25, 0.3) is 0 Å². The fourth-order valence-electron chi connectivity index (χ4n) is 2.51. The number of hydrogen-bond donors (Lipinski definition) is 1. The predicted molar refractivity (Wildman–Crippen MR) is 81.2 cm³/mol. The molecule has 3 nitrogen and oxygen atoms in total. The molecule has 0 saturated heterocycles. The zero-order chi connectivity index (χ0) is 14.1. The first-order chi connectivity index (χ1) is 9.70. The highest BCUT2D eigenvalue weighted by molar-refractivity contribution is 7.16. The van der Waals surface area contributed by atoms with Gasteiger partial charge in [-0.15, -0.1) is 11.3 Å². The van der Waals surface area contributed by atoms with Gasteiger partial charge in [-0.2, -0.15) is 5.26 Å². The van der Waals surface area contributed by atoms with E-state index in [9.17, 15) is 10.4 Å². The predicted octanol–water partition coefficient (Wildman–Crippen LogP) is 3.87. The van der Waals surface area contributed by atoms with Gasteiger partial charge in [-0.3, -0.25) is 0 Å². The van der Waals surface area contributed by atoms with Crippen molar-refractivity contribution in [2.75, 3.05) is 0 Å².